The number of nitrogens with one attached hydrogen (secondary N) is 1. The van der Waals surface area contributed by atoms with Crippen LogP contribution in [-0.4, -0.2) is 70.0 Å². The molecule has 2 N–H and O–H groups in total. The third kappa shape index (κ3) is 4.14. The van der Waals surface area contributed by atoms with E-state index < -0.39 is 0 Å². The Morgan fingerprint density at radius 1 is 1.22 bits per heavy atom. The molecule has 1 saturated carbocycles. The van der Waals surface area contributed by atoms with Crippen molar-refractivity contribution in [3.8, 4) is 17.1 Å². The average molecular weight is 503 g/mol. The Morgan fingerprint density at radius 3 is 2.78 bits per heavy atom. The fourth-order valence-electron chi connectivity index (χ4n) is 5.39. The number of hydrogen-bond acceptors (Lipinski definition) is 7. The molecule has 4 aromatic heterocycles. The Kier molecular flexibility index (Phi) is 5.88. The molecule has 2 aliphatic rings. The highest BCUT2D eigenvalue weighted by Crippen LogP contribution is 2.36. The number of nitrogens with zero attached hydrogens (tertiary/aromatic N) is 7. The predicted octanol–water partition coefficient (Wildman–Crippen LogP) is 3.64. The lowest BCUT2D eigenvalue weighted by Gasteiger charge is -2.30. The maximum atomic E-state index is 9.91. The highest BCUT2D eigenvalue weighted by Gasteiger charge is 2.34. The monoisotopic (exact) mass is 502 g/mol. The van der Waals surface area contributed by atoms with Crippen molar-refractivity contribution in [3.63, 3.8) is 0 Å². The summed E-state index contributed by atoms with van der Waals surface area (Å²) in [7, 11) is 1.92. The molecule has 0 amide bonds. The molecule has 1 fully saturated rings. The zero-order valence-electron chi connectivity index (χ0n) is 22.1. The van der Waals surface area contributed by atoms with Gasteiger partial charge in [-0.2, -0.15) is 15.3 Å². The summed E-state index contributed by atoms with van der Waals surface area (Å²) in [5.41, 5.74) is 7.34. The summed E-state index contributed by atoms with van der Waals surface area (Å²) in [5.74, 6) is 0.724. The molecule has 10 heteroatoms. The predicted molar refractivity (Wildman–Crippen MR) is 142 cm³/mol. The Labute approximate surface area is 215 Å². The van der Waals surface area contributed by atoms with Gasteiger partial charge >= 0.3 is 0 Å². The number of fused-ring (bicyclic) bond motifs is 4. The van der Waals surface area contributed by atoms with Crippen molar-refractivity contribution in [2.24, 2.45) is 7.05 Å². The van der Waals surface area contributed by atoms with E-state index in [4.69, 9.17) is 9.72 Å². The van der Waals surface area contributed by atoms with Crippen molar-refractivity contribution in [3.05, 3.63) is 40.6 Å². The first-order valence-electron chi connectivity index (χ1n) is 13.0. The second-order valence-corrected chi connectivity index (χ2v) is 10.4. The fraction of sp³-hybridized carbons (Fsp3) is 0.481. The second kappa shape index (κ2) is 9.11. The standard InChI is InChI=1S/C27H34N8O2/c1-15(13-36)35-24-12-34(20-7-8-20)16(2)14-37-27-25(17(3)32-33(27)5)23-10-21-22(9-6-19(24)11-28-35)30-31-26(21)18(4)29-23/h6,9-11,15-16,20,36H,7-8,12-14H2,1-5H3,(H,30,31)/b9-6+/t15-,16+/m0/s1. The van der Waals surface area contributed by atoms with Crippen molar-refractivity contribution in [2.45, 2.75) is 65.2 Å². The zero-order valence-corrected chi connectivity index (χ0v) is 22.1. The normalized spacial score (nSPS) is 20.2. The number of aromatic nitrogens is 7. The van der Waals surface area contributed by atoms with E-state index in [2.05, 4.69) is 50.4 Å². The van der Waals surface area contributed by atoms with Gasteiger partial charge in [0.25, 0.3) is 0 Å². The van der Waals surface area contributed by atoms with E-state index in [1.165, 1.54) is 12.8 Å². The van der Waals surface area contributed by atoms with Gasteiger partial charge in [-0.05, 0) is 58.8 Å². The van der Waals surface area contributed by atoms with E-state index in [9.17, 15) is 5.11 Å². The first kappa shape index (κ1) is 23.9. The number of aliphatic hydroxyl groups is 1. The van der Waals surface area contributed by atoms with Crippen LogP contribution in [0.3, 0.4) is 0 Å². The van der Waals surface area contributed by atoms with Crippen LogP contribution in [0.1, 0.15) is 61.1 Å². The van der Waals surface area contributed by atoms with Gasteiger partial charge in [-0.15, -0.1) is 0 Å². The summed E-state index contributed by atoms with van der Waals surface area (Å²) in [6.45, 7) is 9.47. The van der Waals surface area contributed by atoms with Crippen molar-refractivity contribution in [2.75, 3.05) is 13.2 Å². The van der Waals surface area contributed by atoms with Gasteiger partial charge in [0.1, 0.15) is 12.1 Å². The van der Waals surface area contributed by atoms with Gasteiger partial charge < -0.3 is 9.84 Å². The van der Waals surface area contributed by atoms with Gasteiger partial charge in [-0.1, -0.05) is 0 Å². The molecule has 0 unspecified atom stereocenters. The van der Waals surface area contributed by atoms with Crippen LogP contribution in [0.2, 0.25) is 0 Å². The largest absolute Gasteiger partial charge is 0.476 e. The van der Waals surface area contributed by atoms with Crippen LogP contribution in [0.15, 0.2) is 12.3 Å². The number of aliphatic hydroxyl groups excluding tert-OH is 1. The number of pyridine rings is 1. The van der Waals surface area contributed by atoms with Crippen molar-refractivity contribution in [1.29, 1.82) is 0 Å². The molecule has 4 aromatic rings. The van der Waals surface area contributed by atoms with Crippen LogP contribution in [0.5, 0.6) is 5.88 Å². The van der Waals surface area contributed by atoms with Crippen LogP contribution in [0, 0.1) is 13.8 Å². The van der Waals surface area contributed by atoms with Crippen LogP contribution in [0.25, 0.3) is 34.3 Å². The fourth-order valence-corrected chi connectivity index (χ4v) is 5.39. The molecule has 10 nitrogen and oxygen atoms in total. The number of rotatable bonds is 3. The summed E-state index contributed by atoms with van der Waals surface area (Å²) in [4.78, 5) is 7.40. The molecule has 6 rings (SSSR count). The van der Waals surface area contributed by atoms with Gasteiger partial charge in [0.15, 0.2) is 0 Å². The summed E-state index contributed by atoms with van der Waals surface area (Å²) in [5, 5.41) is 28.0. The number of hydrogen-bond donors (Lipinski definition) is 2. The summed E-state index contributed by atoms with van der Waals surface area (Å²) in [6, 6.07) is 2.63. The zero-order chi connectivity index (χ0) is 25.8. The van der Waals surface area contributed by atoms with Gasteiger partial charge in [0.2, 0.25) is 5.88 Å². The summed E-state index contributed by atoms with van der Waals surface area (Å²) in [6.07, 6.45) is 8.40. The summed E-state index contributed by atoms with van der Waals surface area (Å²) >= 11 is 0. The lowest BCUT2D eigenvalue weighted by atomic mass is 10.1. The minimum atomic E-state index is -0.115. The maximum absolute atomic E-state index is 9.91. The minimum Gasteiger partial charge on any atom is -0.476 e. The maximum Gasteiger partial charge on any atom is 0.221 e. The quantitative estimate of drug-likeness (QED) is 0.440. The van der Waals surface area contributed by atoms with Gasteiger partial charge in [0, 0.05) is 36.6 Å². The van der Waals surface area contributed by atoms with Gasteiger partial charge in [0.05, 0.1) is 52.9 Å². The third-order valence-electron chi connectivity index (χ3n) is 7.59. The van der Waals surface area contributed by atoms with E-state index in [1.807, 2.05) is 43.4 Å². The Hall–Kier alpha value is -3.50. The van der Waals surface area contributed by atoms with Crippen molar-refractivity contribution >= 4 is 23.1 Å². The Morgan fingerprint density at radius 2 is 2.03 bits per heavy atom. The third-order valence-corrected chi connectivity index (χ3v) is 7.59. The first-order valence-corrected chi connectivity index (χ1v) is 13.0. The highest BCUT2D eigenvalue weighted by molar-refractivity contribution is 5.93. The molecule has 0 saturated heterocycles. The van der Waals surface area contributed by atoms with Crippen LogP contribution >= 0.6 is 0 Å². The van der Waals surface area contributed by atoms with Crippen LogP contribution < -0.4 is 4.74 Å². The molecular formula is C27H34N8O2. The first-order chi connectivity index (χ1) is 17.9. The van der Waals surface area contributed by atoms with Crippen molar-refractivity contribution < 1.29 is 9.84 Å². The smallest absolute Gasteiger partial charge is 0.221 e. The molecular weight excluding hydrogens is 468 g/mol. The van der Waals surface area contributed by atoms with E-state index in [0.29, 0.717) is 12.6 Å². The average Bonchev–Trinajstić information content (AvgIpc) is 3.40. The molecule has 37 heavy (non-hydrogen) atoms. The molecule has 1 aliphatic carbocycles. The van der Waals surface area contributed by atoms with E-state index in [1.54, 1.807) is 0 Å². The van der Waals surface area contributed by atoms with E-state index >= 15 is 0 Å². The minimum absolute atomic E-state index is 0.0305. The van der Waals surface area contributed by atoms with Crippen LogP contribution in [-0.2, 0) is 13.6 Å². The number of H-pyrrole nitrogens is 1. The molecule has 2 atom stereocenters. The number of aromatic amines is 1. The SMILES string of the molecule is Cc1nn(C)c2c1-c1cc3c([nH]nc3c(C)n1)/C=C/c1cnn([C@@H](C)CO)c1CN(C1CC1)[C@H](C)CO2. The Bertz CT molecular complexity index is 1490. The lowest BCUT2D eigenvalue weighted by molar-refractivity contribution is 0.122. The van der Waals surface area contributed by atoms with Gasteiger partial charge in [-0.25, -0.2) is 4.68 Å². The van der Waals surface area contributed by atoms with Crippen molar-refractivity contribution in [1.82, 2.24) is 39.6 Å². The highest BCUT2D eigenvalue weighted by atomic mass is 16.5. The van der Waals surface area contributed by atoms with E-state index in [-0.39, 0.29) is 18.7 Å². The Balaban J connectivity index is 1.54. The molecule has 5 heterocycles. The second-order valence-electron chi connectivity index (χ2n) is 10.4. The topological polar surface area (TPSA) is 110 Å². The molecule has 0 aromatic carbocycles. The lowest BCUT2D eigenvalue weighted by Crippen LogP contribution is -2.39. The molecule has 1 aliphatic heterocycles. The van der Waals surface area contributed by atoms with Gasteiger partial charge in [-0.3, -0.25) is 19.7 Å². The summed E-state index contributed by atoms with van der Waals surface area (Å²) < 4.78 is 10.3. The molecule has 0 radical (unpaired) electrons. The number of aryl methyl sites for hydroxylation is 3. The van der Waals surface area contributed by atoms with Crippen LogP contribution in [0.4, 0.5) is 0 Å². The molecule has 2 bridgehead atoms. The number of ether oxygens (including phenoxy) is 1. The molecule has 194 valence electrons. The molecule has 0 spiro atoms. The van der Waals surface area contributed by atoms with E-state index in [0.717, 1.165) is 62.9 Å².